The summed E-state index contributed by atoms with van der Waals surface area (Å²) in [5, 5.41) is 2.89. The van der Waals surface area contributed by atoms with Crippen molar-refractivity contribution in [2.75, 3.05) is 25.5 Å². The Kier molecular flexibility index (Phi) is 5.28. The first-order chi connectivity index (χ1) is 14.3. The average Bonchev–Trinajstić information content (AvgIpc) is 3.37. The molecule has 1 aromatic carbocycles. The van der Waals surface area contributed by atoms with Crippen LogP contribution in [0.5, 0.6) is 11.5 Å². The number of carbonyl (C=O) groups is 1. The van der Waals surface area contributed by atoms with Crippen LogP contribution in [0, 0.1) is 0 Å². The summed E-state index contributed by atoms with van der Waals surface area (Å²) in [5.41, 5.74) is 2.05. The smallest absolute Gasteiger partial charge is 0.233 e. The first-order valence-electron chi connectivity index (χ1n) is 9.79. The minimum atomic E-state index is 0.0902. The topological polar surface area (TPSA) is 64.6 Å². The van der Waals surface area contributed by atoms with Crippen molar-refractivity contribution in [3.63, 3.8) is 0 Å². The Bertz CT molecular complexity index is 1040. The number of benzene rings is 1. The third-order valence-corrected chi connectivity index (χ3v) is 7.29. The van der Waals surface area contributed by atoms with Crippen molar-refractivity contribution in [3.8, 4) is 11.5 Å². The molecule has 3 aromatic rings. The van der Waals surface area contributed by atoms with E-state index in [0.29, 0.717) is 19.0 Å². The fraction of sp³-hybridized carbons (Fsp3) is 0.381. The minimum Gasteiger partial charge on any atom is -0.490 e. The summed E-state index contributed by atoms with van der Waals surface area (Å²) in [6.07, 6.45) is 4.44. The number of nitrogens with zero attached hydrogens (tertiary/aromatic N) is 3. The summed E-state index contributed by atoms with van der Waals surface area (Å²) in [6, 6.07) is 8.15. The van der Waals surface area contributed by atoms with E-state index in [1.54, 1.807) is 17.7 Å². The zero-order chi connectivity index (χ0) is 19.6. The summed E-state index contributed by atoms with van der Waals surface area (Å²) in [5.74, 6) is 2.11. The normalized spacial score (nSPS) is 18.8. The highest BCUT2D eigenvalue weighted by atomic mass is 32.2. The highest BCUT2D eigenvalue weighted by Crippen LogP contribution is 2.38. The van der Waals surface area contributed by atoms with Crippen molar-refractivity contribution in [3.05, 3.63) is 41.5 Å². The van der Waals surface area contributed by atoms with E-state index in [0.717, 1.165) is 58.1 Å². The molecule has 4 heterocycles. The van der Waals surface area contributed by atoms with E-state index < -0.39 is 0 Å². The maximum Gasteiger partial charge on any atom is 0.233 e. The number of rotatable bonds is 4. The monoisotopic (exact) mass is 427 g/mol. The van der Waals surface area contributed by atoms with Gasteiger partial charge in [0.05, 0.1) is 35.2 Å². The second-order valence-electron chi connectivity index (χ2n) is 7.10. The van der Waals surface area contributed by atoms with Crippen LogP contribution < -0.4 is 9.47 Å². The standard InChI is InChI=1S/C21H21N3O3S2/c25-19(12-29-21-20-15(6-10-28-20)22-13-23-21)24-7-1-3-16(24)14-4-5-17-18(11-14)27-9-2-8-26-17/h4-6,10-11,13,16H,1-3,7-9,12H2/t16-/m0/s1. The van der Waals surface area contributed by atoms with Crippen molar-refractivity contribution < 1.29 is 14.3 Å². The van der Waals surface area contributed by atoms with Crippen molar-refractivity contribution in [2.45, 2.75) is 30.3 Å². The molecule has 1 atom stereocenters. The number of amides is 1. The molecule has 2 aromatic heterocycles. The van der Waals surface area contributed by atoms with E-state index in [1.165, 1.54) is 11.8 Å². The van der Waals surface area contributed by atoms with Gasteiger partial charge in [-0.15, -0.1) is 11.3 Å². The first kappa shape index (κ1) is 18.7. The van der Waals surface area contributed by atoms with Crippen molar-refractivity contribution in [1.29, 1.82) is 0 Å². The Morgan fingerprint density at radius 3 is 3.00 bits per heavy atom. The predicted octanol–water partition coefficient (Wildman–Crippen LogP) is 4.31. The lowest BCUT2D eigenvalue weighted by molar-refractivity contribution is -0.129. The van der Waals surface area contributed by atoms with Crippen LogP contribution in [-0.4, -0.2) is 46.3 Å². The van der Waals surface area contributed by atoms with Crippen molar-refractivity contribution in [1.82, 2.24) is 14.9 Å². The van der Waals surface area contributed by atoms with Crippen LogP contribution in [0.2, 0.25) is 0 Å². The molecule has 1 fully saturated rings. The maximum absolute atomic E-state index is 13.0. The van der Waals surface area contributed by atoms with Gasteiger partial charge in [0.15, 0.2) is 11.5 Å². The number of thiophene rings is 1. The Morgan fingerprint density at radius 2 is 2.07 bits per heavy atom. The van der Waals surface area contributed by atoms with Gasteiger partial charge < -0.3 is 14.4 Å². The number of carbonyl (C=O) groups excluding carboxylic acids is 1. The van der Waals surface area contributed by atoms with Crippen LogP contribution in [0.3, 0.4) is 0 Å². The van der Waals surface area contributed by atoms with Gasteiger partial charge >= 0.3 is 0 Å². The van der Waals surface area contributed by atoms with Gasteiger partial charge in [-0.2, -0.15) is 0 Å². The Balaban J connectivity index is 1.31. The molecule has 0 radical (unpaired) electrons. The van der Waals surface area contributed by atoms with Gasteiger partial charge in [-0.1, -0.05) is 17.8 Å². The van der Waals surface area contributed by atoms with E-state index in [4.69, 9.17) is 9.47 Å². The number of ether oxygens (including phenoxy) is 2. The largest absolute Gasteiger partial charge is 0.490 e. The minimum absolute atomic E-state index is 0.0902. The second kappa shape index (κ2) is 8.20. The summed E-state index contributed by atoms with van der Waals surface area (Å²) in [7, 11) is 0. The number of aromatic nitrogens is 2. The molecule has 0 aliphatic carbocycles. The van der Waals surface area contributed by atoms with E-state index in [2.05, 4.69) is 16.0 Å². The zero-order valence-electron chi connectivity index (χ0n) is 15.9. The number of thioether (sulfide) groups is 1. The second-order valence-corrected chi connectivity index (χ2v) is 8.98. The highest BCUT2D eigenvalue weighted by Gasteiger charge is 2.30. The molecule has 150 valence electrons. The lowest BCUT2D eigenvalue weighted by Crippen LogP contribution is -2.32. The summed E-state index contributed by atoms with van der Waals surface area (Å²) in [6.45, 7) is 2.13. The van der Waals surface area contributed by atoms with Crippen LogP contribution in [0.15, 0.2) is 41.0 Å². The van der Waals surface area contributed by atoms with Crippen molar-refractivity contribution >= 4 is 39.2 Å². The fourth-order valence-corrected chi connectivity index (χ4v) is 5.71. The van der Waals surface area contributed by atoms with E-state index in [1.807, 2.05) is 28.5 Å². The van der Waals surface area contributed by atoms with Gasteiger partial charge in [-0.3, -0.25) is 4.79 Å². The molecular formula is C21H21N3O3S2. The molecule has 8 heteroatoms. The molecular weight excluding hydrogens is 406 g/mol. The zero-order valence-corrected chi connectivity index (χ0v) is 17.5. The Morgan fingerprint density at radius 1 is 1.17 bits per heavy atom. The number of fused-ring (bicyclic) bond motifs is 2. The molecule has 0 bridgehead atoms. The number of hydrogen-bond donors (Lipinski definition) is 0. The molecule has 5 rings (SSSR count). The van der Waals surface area contributed by atoms with E-state index in [9.17, 15) is 4.79 Å². The molecule has 2 aliphatic heterocycles. The summed E-state index contributed by atoms with van der Waals surface area (Å²) in [4.78, 5) is 23.7. The molecule has 1 amide bonds. The average molecular weight is 428 g/mol. The first-order valence-corrected chi connectivity index (χ1v) is 11.7. The molecule has 0 spiro atoms. The number of hydrogen-bond acceptors (Lipinski definition) is 7. The fourth-order valence-electron chi connectivity index (χ4n) is 3.88. The SMILES string of the molecule is O=C(CSc1ncnc2ccsc12)N1CCC[C@H]1c1ccc2c(c1)OCCCO2. The Labute approximate surface area is 177 Å². The predicted molar refractivity (Wildman–Crippen MR) is 114 cm³/mol. The highest BCUT2D eigenvalue weighted by molar-refractivity contribution is 8.00. The molecule has 29 heavy (non-hydrogen) atoms. The third kappa shape index (κ3) is 3.79. The van der Waals surface area contributed by atoms with Gasteiger partial charge in [0.2, 0.25) is 5.91 Å². The van der Waals surface area contributed by atoms with Crippen LogP contribution in [-0.2, 0) is 4.79 Å². The van der Waals surface area contributed by atoms with Gasteiger partial charge in [-0.25, -0.2) is 9.97 Å². The van der Waals surface area contributed by atoms with Crippen LogP contribution >= 0.6 is 23.1 Å². The van der Waals surface area contributed by atoms with Crippen LogP contribution in [0.25, 0.3) is 10.2 Å². The number of likely N-dealkylation sites (tertiary alicyclic amines) is 1. The summed E-state index contributed by atoms with van der Waals surface area (Å²) < 4.78 is 12.6. The van der Waals surface area contributed by atoms with Gasteiger partial charge in [0, 0.05) is 13.0 Å². The quantitative estimate of drug-likeness (QED) is 0.457. The van der Waals surface area contributed by atoms with Gasteiger partial charge in [0.25, 0.3) is 0 Å². The van der Waals surface area contributed by atoms with E-state index in [-0.39, 0.29) is 11.9 Å². The van der Waals surface area contributed by atoms with Gasteiger partial charge in [-0.05, 0) is 42.0 Å². The lowest BCUT2D eigenvalue weighted by atomic mass is 10.0. The molecule has 0 saturated carbocycles. The summed E-state index contributed by atoms with van der Waals surface area (Å²) >= 11 is 3.11. The molecule has 2 aliphatic rings. The van der Waals surface area contributed by atoms with Crippen LogP contribution in [0.4, 0.5) is 0 Å². The van der Waals surface area contributed by atoms with E-state index >= 15 is 0 Å². The molecule has 0 N–H and O–H groups in total. The van der Waals surface area contributed by atoms with Gasteiger partial charge in [0.1, 0.15) is 11.4 Å². The maximum atomic E-state index is 13.0. The van der Waals surface area contributed by atoms with Crippen LogP contribution in [0.1, 0.15) is 30.9 Å². The van der Waals surface area contributed by atoms with Crippen molar-refractivity contribution in [2.24, 2.45) is 0 Å². The lowest BCUT2D eigenvalue weighted by Gasteiger charge is -2.25. The molecule has 0 unspecified atom stereocenters. The Hall–Kier alpha value is -2.32. The molecule has 6 nitrogen and oxygen atoms in total. The third-order valence-electron chi connectivity index (χ3n) is 5.27. The molecule has 1 saturated heterocycles.